The van der Waals surface area contributed by atoms with Gasteiger partial charge in [0.05, 0.1) is 10.9 Å². The van der Waals surface area contributed by atoms with E-state index in [1.807, 2.05) is 42.7 Å². The minimum absolute atomic E-state index is 0.0434. The zero-order valence-corrected chi connectivity index (χ0v) is 16.1. The Morgan fingerprint density at radius 3 is 2.34 bits per heavy atom. The van der Waals surface area contributed by atoms with Crippen LogP contribution in [0.25, 0.3) is 11.0 Å². The first-order valence-electron chi connectivity index (χ1n) is 9.29. The summed E-state index contributed by atoms with van der Waals surface area (Å²) < 4.78 is 15.1. The quantitative estimate of drug-likeness (QED) is 0.488. The van der Waals surface area contributed by atoms with Gasteiger partial charge in [0.25, 0.3) is 0 Å². The molecule has 0 fully saturated rings. The molecule has 0 aliphatic heterocycles. The summed E-state index contributed by atoms with van der Waals surface area (Å²) in [5.74, 6) is -0.869. The van der Waals surface area contributed by atoms with Crippen molar-refractivity contribution in [2.75, 3.05) is 0 Å². The van der Waals surface area contributed by atoms with E-state index < -0.39 is 11.6 Å². The van der Waals surface area contributed by atoms with Crippen LogP contribution in [0.3, 0.4) is 0 Å². The molecule has 0 aliphatic rings. The summed E-state index contributed by atoms with van der Waals surface area (Å²) in [6.45, 7) is 4.35. The number of fused-ring (bicyclic) bond motifs is 1. The molecule has 0 saturated heterocycles. The fraction of sp³-hybridized carbons (Fsp3) is 0.125. The van der Waals surface area contributed by atoms with E-state index in [-0.39, 0.29) is 16.6 Å². The van der Waals surface area contributed by atoms with Gasteiger partial charge in [-0.3, -0.25) is 9.59 Å². The molecule has 4 rings (SSSR count). The lowest BCUT2D eigenvalue weighted by atomic mass is 10.0. The normalized spacial score (nSPS) is 11.0. The van der Waals surface area contributed by atoms with Gasteiger partial charge in [0.2, 0.25) is 5.43 Å². The van der Waals surface area contributed by atoms with E-state index in [0.29, 0.717) is 17.6 Å². The van der Waals surface area contributed by atoms with Crippen molar-refractivity contribution in [1.29, 1.82) is 0 Å². The van der Waals surface area contributed by atoms with E-state index in [2.05, 4.69) is 4.98 Å². The van der Waals surface area contributed by atoms with Gasteiger partial charge >= 0.3 is 0 Å². The van der Waals surface area contributed by atoms with E-state index >= 15 is 0 Å². The number of halogens is 1. The molecule has 0 saturated carbocycles. The van der Waals surface area contributed by atoms with Crippen LogP contribution in [0.1, 0.15) is 32.7 Å². The van der Waals surface area contributed by atoms with Gasteiger partial charge in [0.1, 0.15) is 11.5 Å². The highest BCUT2D eigenvalue weighted by Crippen LogP contribution is 2.16. The fourth-order valence-corrected chi connectivity index (χ4v) is 3.29. The lowest BCUT2D eigenvalue weighted by molar-refractivity contribution is 0.103. The Hall–Kier alpha value is -3.60. The number of carbonyl (C=O) groups is 1. The van der Waals surface area contributed by atoms with Crippen LogP contribution in [-0.2, 0) is 6.54 Å². The molecule has 144 valence electrons. The molecule has 2 aromatic heterocycles. The molecule has 0 aliphatic carbocycles. The zero-order chi connectivity index (χ0) is 20.5. The van der Waals surface area contributed by atoms with Crippen molar-refractivity contribution in [2.24, 2.45) is 0 Å². The number of ketones is 1. The Morgan fingerprint density at radius 2 is 1.66 bits per heavy atom. The minimum Gasteiger partial charge on any atom is -0.327 e. The summed E-state index contributed by atoms with van der Waals surface area (Å²) in [7, 11) is 0. The van der Waals surface area contributed by atoms with E-state index in [1.165, 1.54) is 24.3 Å². The molecular weight excluding hydrogens is 367 g/mol. The molecule has 29 heavy (non-hydrogen) atoms. The number of hydrogen-bond acceptors (Lipinski definition) is 3. The molecule has 0 spiro atoms. The predicted molar refractivity (Wildman–Crippen MR) is 111 cm³/mol. The third-order valence-corrected chi connectivity index (χ3v) is 4.89. The van der Waals surface area contributed by atoms with Crippen molar-refractivity contribution in [3.8, 4) is 0 Å². The number of pyridine rings is 2. The summed E-state index contributed by atoms with van der Waals surface area (Å²) in [6.07, 6.45) is 1.56. The number of carbonyl (C=O) groups excluding carboxylic acids is 1. The lowest BCUT2D eigenvalue weighted by Gasteiger charge is -2.13. The lowest BCUT2D eigenvalue weighted by Crippen LogP contribution is -2.21. The Balaban J connectivity index is 1.89. The first kappa shape index (κ1) is 18.7. The molecule has 0 N–H and O–H groups in total. The molecule has 0 atom stereocenters. The molecule has 4 nitrogen and oxygen atoms in total. The van der Waals surface area contributed by atoms with E-state index in [4.69, 9.17) is 0 Å². The third kappa shape index (κ3) is 3.72. The molecule has 0 unspecified atom stereocenters. The van der Waals surface area contributed by atoms with Crippen molar-refractivity contribution in [3.63, 3.8) is 0 Å². The van der Waals surface area contributed by atoms with Gasteiger partial charge in [0.15, 0.2) is 5.78 Å². The fourth-order valence-electron chi connectivity index (χ4n) is 3.29. The van der Waals surface area contributed by atoms with Crippen LogP contribution in [0, 0.1) is 19.7 Å². The maximum atomic E-state index is 13.2. The Kier molecular flexibility index (Phi) is 4.80. The highest BCUT2D eigenvalue weighted by Gasteiger charge is 2.18. The van der Waals surface area contributed by atoms with Crippen molar-refractivity contribution >= 4 is 16.8 Å². The number of nitrogens with zero attached hydrogens (tertiary/aromatic N) is 2. The third-order valence-electron chi connectivity index (χ3n) is 4.89. The van der Waals surface area contributed by atoms with Crippen LogP contribution >= 0.6 is 0 Å². The summed E-state index contributed by atoms with van der Waals surface area (Å²) in [5, 5.41) is 0.385. The molecule has 0 bridgehead atoms. The van der Waals surface area contributed by atoms with Crippen molar-refractivity contribution in [2.45, 2.75) is 20.4 Å². The second-order valence-electron chi connectivity index (χ2n) is 7.15. The zero-order valence-electron chi connectivity index (χ0n) is 16.1. The van der Waals surface area contributed by atoms with Crippen LogP contribution < -0.4 is 5.43 Å². The van der Waals surface area contributed by atoms with Gasteiger partial charge in [-0.25, -0.2) is 9.37 Å². The second kappa shape index (κ2) is 7.43. The topological polar surface area (TPSA) is 52.0 Å². The largest absolute Gasteiger partial charge is 0.327 e. The maximum absolute atomic E-state index is 13.2. The molecular formula is C24H19FN2O2. The average Bonchev–Trinajstić information content (AvgIpc) is 2.71. The first-order chi connectivity index (χ1) is 13.9. The molecule has 2 heterocycles. The van der Waals surface area contributed by atoms with Gasteiger partial charge in [-0.05, 0) is 55.8 Å². The monoisotopic (exact) mass is 386 g/mol. The van der Waals surface area contributed by atoms with Crippen molar-refractivity contribution in [1.82, 2.24) is 9.55 Å². The molecule has 0 amide bonds. The highest BCUT2D eigenvalue weighted by atomic mass is 19.1. The highest BCUT2D eigenvalue weighted by molar-refractivity contribution is 6.10. The van der Waals surface area contributed by atoms with Crippen LogP contribution in [0.4, 0.5) is 4.39 Å². The van der Waals surface area contributed by atoms with Gasteiger partial charge in [-0.2, -0.15) is 0 Å². The Labute approximate surface area is 167 Å². The number of hydrogen-bond donors (Lipinski definition) is 0. The number of aryl methyl sites for hydroxylation is 2. The van der Waals surface area contributed by atoms with Crippen LogP contribution in [0.15, 0.2) is 71.7 Å². The standard InChI is InChI=1S/C24H19FN2O2/c1-15-3-6-17(7-4-15)13-27-14-21(22(28)18-8-10-19(25)11-9-18)23(29)20-12-5-16(2)26-24(20)27/h3-12,14H,13H2,1-2H3. The Bertz CT molecular complexity index is 1270. The van der Waals surface area contributed by atoms with Gasteiger partial charge in [-0.15, -0.1) is 0 Å². The number of benzene rings is 2. The van der Waals surface area contributed by atoms with Crippen LogP contribution in [0.2, 0.25) is 0 Å². The maximum Gasteiger partial charge on any atom is 0.202 e. The van der Waals surface area contributed by atoms with E-state index in [0.717, 1.165) is 16.8 Å². The van der Waals surface area contributed by atoms with E-state index in [1.54, 1.807) is 18.3 Å². The molecule has 0 radical (unpaired) electrons. The van der Waals surface area contributed by atoms with Crippen LogP contribution in [0.5, 0.6) is 0 Å². The van der Waals surface area contributed by atoms with Gasteiger partial charge in [-0.1, -0.05) is 29.8 Å². The molecule has 2 aromatic carbocycles. The molecule has 4 aromatic rings. The Morgan fingerprint density at radius 1 is 0.966 bits per heavy atom. The van der Waals surface area contributed by atoms with Gasteiger partial charge < -0.3 is 4.57 Å². The van der Waals surface area contributed by atoms with Crippen LogP contribution in [-0.4, -0.2) is 15.3 Å². The number of aromatic nitrogens is 2. The van der Waals surface area contributed by atoms with Crippen molar-refractivity contribution in [3.05, 3.63) is 111 Å². The minimum atomic E-state index is -0.435. The summed E-state index contributed by atoms with van der Waals surface area (Å²) in [5.41, 5.74) is 3.44. The molecule has 5 heteroatoms. The van der Waals surface area contributed by atoms with Gasteiger partial charge in [0, 0.05) is 24.0 Å². The second-order valence-corrected chi connectivity index (χ2v) is 7.15. The van der Waals surface area contributed by atoms with Crippen molar-refractivity contribution < 1.29 is 9.18 Å². The summed E-state index contributed by atoms with van der Waals surface area (Å²) >= 11 is 0. The number of rotatable bonds is 4. The summed E-state index contributed by atoms with van der Waals surface area (Å²) in [4.78, 5) is 30.5. The smallest absolute Gasteiger partial charge is 0.202 e. The van der Waals surface area contributed by atoms with E-state index in [9.17, 15) is 14.0 Å². The first-order valence-corrected chi connectivity index (χ1v) is 9.29. The predicted octanol–water partition coefficient (Wildman–Crippen LogP) is 4.43. The average molecular weight is 386 g/mol. The SMILES string of the molecule is Cc1ccc(Cn2cc(C(=O)c3ccc(F)cc3)c(=O)c3ccc(C)nc32)cc1. The summed E-state index contributed by atoms with van der Waals surface area (Å²) in [6, 6.07) is 16.7.